The average molecular weight is 382 g/mol. The molecule has 150 valence electrons. The van der Waals surface area contributed by atoms with Crippen molar-refractivity contribution in [2.24, 2.45) is 4.99 Å². The Hall–Kier alpha value is -2.60. The van der Waals surface area contributed by atoms with E-state index in [4.69, 9.17) is 4.74 Å². The Morgan fingerprint density at radius 3 is 2.86 bits per heavy atom. The number of rotatable bonds is 8. The van der Waals surface area contributed by atoms with Crippen molar-refractivity contribution < 1.29 is 4.74 Å². The van der Waals surface area contributed by atoms with Gasteiger partial charge in [0, 0.05) is 38.4 Å². The lowest BCUT2D eigenvalue weighted by atomic mass is 10.2. The van der Waals surface area contributed by atoms with Crippen LogP contribution in [0.15, 0.2) is 53.7 Å². The van der Waals surface area contributed by atoms with Gasteiger partial charge in [-0.1, -0.05) is 37.3 Å². The summed E-state index contributed by atoms with van der Waals surface area (Å²) in [5.41, 5.74) is 2.24. The highest BCUT2D eigenvalue weighted by atomic mass is 16.5. The number of likely N-dealkylation sites (tertiary alicyclic amines) is 1. The molecule has 28 heavy (non-hydrogen) atoms. The van der Waals surface area contributed by atoms with E-state index in [1.807, 2.05) is 49.5 Å². The second-order valence-electron chi connectivity index (χ2n) is 7.01. The van der Waals surface area contributed by atoms with Crippen LogP contribution in [-0.2, 0) is 13.2 Å². The normalized spacial score (nSPS) is 17.5. The maximum Gasteiger partial charge on any atom is 0.213 e. The molecule has 1 aliphatic rings. The second-order valence-corrected chi connectivity index (χ2v) is 7.01. The van der Waals surface area contributed by atoms with Gasteiger partial charge in [-0.2, -0.15) is 0 Å². The van der Waals surface area contributed by atoms with Crippen molar-refractivity contribution in [1.82, 2.24) is 20.5 Å². The zero-order valence-corrected chi connectivity index (χ0v) is 16.9. The van der Waals surface area contributed by atoms with Gasteiger partial charge in [0.15, 0.2) is 5.96 Å². The number of likely N-dealkylation sites (N-methyl/N-ethyl adjacent to an activating group) is 1. The molecule has 1 aromatic heterocycles. The van der Waals surface area contributed by atoms with E-state index in [1.165, 1.54) is 19.4 Å². The average Bonchev–Trinajstić information content (AvgIpc) is 3.21. The molecule has 6 nitrogen and oxygen atoms in total. The van der Waals surface area contributed by atoms with Gasteiger partial charge >= 0.3 is 0 Å². The Labute approximate surface area is 168 Å². The third kappa shape index (κ3) is 5.96. The maximum atomic E-state index is 5.81. The lowest BCUT2D eigenvalue weighted by Crippen LogP contribution is -2.44. The van der Waals surface area contributed by atoms with Crippen LogP contribution in [0.4, 0.5) is 0 Å². The van der Waals surface area contributed by atoms with Crippen molar-refractivity contribution in [3.8, 4) is 5.88 Å². The highest BCUT2D eigenvalue weighted by Gasteiger charge is 2.22. The molecular weight excluding hydrogens is 350 g/mol. The first kappa shape index (κ1) is 20.1. The molecule has 0 bridgehead atoms. The molecule has 1 aromatic carbocycles. The van der Waals surface area contributed by atoms with E-state index in [-0.39, 0.29) is 0 Å². The Kier molecular flexibility index (Phi) is 7.67. The van der Waals surface area contributed by atoms with Crippen LogP contribution < -0.4 is 15.4 Å². The van der Waals surface area contributed by atoms with Crippen molar-refractivity contribution in [2.75, 3.05) is 26.7 Å². The molecule has 3 rings (SSSR count). The molecule has 2 aromatic rings. The number of nitrogens with zero attached hydrogens (tertiary/aromatic N) is 3. The molecule has 1 atom stereocenters. The Bertz CT molecular complexity index is 750. The lowest BCUT2D eigenvalue weighted by Gasteiger charge is -2.24. The number of ether oxygens (including phenoxy) is 1. The third-order valence-corrected chi connectivity index (χ3v) is 5.12. The SMILES string of the molecule is CCN1CCCC1CNC(=NC)NCc1ccnc(OCc2ccccc2)c1. The second kappa shape index (κ2) is 10.7. The summed E-state index contributed by atoms with van der Waals surface area (Å²) in [6.45, 7) is 6.66. The number of benzene rings is 1. The number of aliphatic imine (C=N–C) groups is 1. The fourth-order valence-electron chi connectivity index (χ4n) is 3.53. The first-order valence-corrected chi connectivity index (χ1v) is 10.1. The minimum absolute atomic E-state index is 0.517. The fourth-order valence-corrected chi connectivity index (χ4v) is 3.53. The van der Waals surface area contributed by atoms with E-state index in [1.54, 1.807) is 6.20 Å². The van der Waals surface area contributed by atoms with E-state index >= 15 is 0 Å². The molecule has 6 heteroatoms. The summed E-state index contributed by atoms with van der Waals surface area (Å²) < 4.78 is 5.81. The highest BCUT2D eigenvalue weighted by Crippen LogP contribution is 2.15. The van der Waals surface area contributed by atoms with Crippen LogP contribution in [0.1, 0.15) is 30.9 Å². The molecule has 2 heterocycles. The van der Waals surface area contributed by atoms with Gasteiger partial charge in [-0.3, -0.25) is 9.89 Å². The Morgan fingerprint density at radius 2 is 2.07 bits per heavy atom. The smallest absolute Gasteiger partial charge is 0.213 e. The minimum atomic E-state index is 0.517. The van der Waals surface area contributed by atoms with E-state index in [0.717, 1.165) is 30.2 Å². The summed E-state index contributed by atoms with van der Waals surface area (Å²) >= 11 is 0. The van der Waals surface area contributed by atoms with Crippen molar-refractivity contribution in [2.45, 2.75) is 39.0 Å². The standard InChI is InChI=1S/C22H31N5O/c1-3-27-13-7-10-20(27)16-26-22(23-2)25-15-19-11-12-24-21(14-19)28-17-18-8-5-4-6-9-18/h4-6,8-9,11-12,14,20H,3,7,10,13,15-17H2,1-2H3,(H2,23,25,26). The highest BCUT2D eigenvalue weighted by molar-refractivity contribution is 5.79. The molecule has 0 spiro atoms. The Morgan fingerprint density at radius 1 is 1.21 bits per heavy atom. The van der Waals surface area contributed by atoms with Crippen molar-refractivity contribution >= 4 is 5.96 Å². The zero-order valence-electron chi connectivity index (χ0n) is 16.9. The summed E-state index contributed by atoms with van der Waals surface area (Å²) in [6.07, 6.45) is 4.32. The minimum Gasteiger partial charge on any atom is -0.473 e. The van der Waals surface area contributed by atoms with Crippen LogP contribution >= 0.6 is 0 Å². The number of nitrogens with one attached hydrogen (secondary N) is 2. The number of hydrogen-bond donors (Lipinski definition) is 2. The Balaban J connectivity index is 1.46. The van der Waals surface area contributed by atoms with Gasteiger partial charge in [-0.15, -0.1) is 0 Å². The van der Waals surface area contributed by atoms with Crippen LogP contribution in [0, 0.1) is 0 Å². The summed E-state index contributed by atoms with van der Waals surface area (Å²) in [6, 6.07) is 14.7. The van der Waals surface area contributed by atoms with Gasteiger partial charge in [0.05, 0.1) is 0 Å². The van der Waals surface area contributed by atoms with Gasteiger partial charge in [0.1, 0.15) is 6.61 Å². The van der Waals surface area contributed by atoms with Crippen molar-refractivity contribution in [1.29, 1.82) is 0 Å². The molecule has 1 aliphatic heterocycles. The largest absolute Gasteiger partial charge is 0.473 e. The summed E-state index contributed by atoms with van der Waals surface area (Å²) in [5.74, 6) is 1.46. The van der Waals surface area contributed by atoms with Gasteiger partial charge in [0.2, 0.25) is 5.88 Å². The summed E-state index contributed by atoms with van der Waals surface area (Å²) in [7, 11) is 1.81. The summed E-state index contributed by atoms with van der Waals surface area (Å²) in [4.78, 5) is 11.2. The van der Waals surface area contributed by atoms with Crippen molar-refractivity contribution in [3.05, 3.63) is 59.8 Å². The monoisotopic (exact) mass is 381 g/mol. The molecule has 1 saturated heterocycles. The first-order chi connectivity index (χ1) is 13.8. The molecule has 1 unspecified atom stereocenters. The van der Waals surface area contributed by atoms with E-state index in [0.29, 0.717) is 25.1 Å². The number of hydrogen-bond acceptors (Lipinski definition) is 4. The third-order valence-electron chi connectivity index (χ3n) is 5.12. The number of guanidine groups is 1. The molecule has 0 aliphatic carbocycles. The van der Waals surface area contributed by atoms with E-state index < -0.39 is 0 Å². The van der Waals surface area contributed by atoms with Gasteiger partial charge < -0.3 is 15.4 Å². The number of aromatic nitrogens is 1. The van der Waals surface area contributed by atoms with Crippen LogP contribution in [0.2, 0.25) is 0 Å². The topological polar surface area (TPSA) is 61.8 Å². The van der Waals surface area contributed by atoms with Gasteiger partial charge in [0.25, 0.3) is 0 Å². The summed E-state index contributed by atoms with van der Waals surface area (Å²) in [5, 5.41) is 6.84. The zero-order chi connectivity index (χ0) is 19.6. The fraction of sp³-hybridized carbons (Fsp3) is 0.455. The van der Waals surface area contributed by atoms with Gasteiger partial charge in [-0.05, 0) is 43.1 Å². The molecule has 1 fully saturated rings. The van der Waals surface area contributed by atoms with E-state index in [9.17, 15) is 0 Å². The maximum absolute atomic E-state index is 5.81. The first-order valence-electron chi connectivity index (χ1n) is 10.1. The predicted octanol–water partition coefficient (Wildman–Crippen LogP) is 2.81. The van der Waals surface area contributed by atoms with Crippen LogP contribution in [0.25, 0.3) is 0 Å². The van der Waals surface area contributed by atoms with E-state index in [2.05, 4.69) is 32.4 Å². The number of pyridine rings is 1. The van der Waals surface area contributed by atoms with Crippen LogP contribution in [0.3, 0.4) is 0 Å². The van der Waals surface area contributed by atoms with Crippen LogP contribution in [-0.4, -0.2) is 48.6 Å². The molecule has 0 radical (unpaired) electrons. The van der Waals surface area contributed by atoms with Crippen LogP contribution in [0.5, 0.6) is 5.88 Å². The van der Waals surface area contributed by atoms with Gasteiger partial charge in [-0.25, -0.2) is 4.98 Å². The molecule has 2 N–H and O–H groups in total. The quantitative estimate of drug-likeness (QED) is 0.544. The molecule has 0 amide bonds. The van der Waals surface area contributed by atoms with Crippen molar-refractivity contribution in [3.63, 3.8) is 0 Å². The predicted molar refractivity (Wildman–Crippen MR) is 113 cm³/mol. The molecular formula is C22H31N5O. The molecule has 0 saturated carbocycles. The lowest BCUT2D eigenvalue weighted by molar-refractivity contribution is 0.267.